The van der Waals surface area contributed by atoms with Gasteiger partial charge in [-0.3, -0.25) is 4.98 Å². The van der Waals surface area contributed by atoms with Gasteiger partial charge in [0, 0.05) is 6.20 Å². The average molecular weight is 294 g/mol. The van der Waals surface area contributed by atoms with Crippen molar-refractivity contribution in [2.24, 2.45) is 5.92 Å². The lowest BCUT2D eigenvalue weighted by Gasteiger charge is -2.21. The molecule has 0 aliphatic heterocycles. The molecule has 0 bridgehead atoms. The Balaban J connectivity index is 1.75. The van der Waals surface area contributed by atoms with Crippen LogP contribution >= 0.6 is 0 Å². The Kier molecular flexibility index (Phi) is 3.03. The minimum absolute atomic E-state index is 0.212. The van der Waals surface area contributed by atoms with Crippen molar-refractivity contribution < 1.29 is 0 Å². The van der Waals surface area contributed by atoms with Crippen LogP contribution < -0.4 is 5.32 Å². The van der Waals surface area contributed by atoms with Crippen LogP contribution in [0.1, 0.15) is 35.8 Å². The van der Waals surface area contributed by atoms with Crippen molar-refractivity contribution in [2.45, 2.75) is 32.7 Å². The van der Waals surface area contributed by atoms with E-state index in [1.165, 1.54) is 18.4 Å². The zero-order valence-electron chi connectivity index (χ0n) is 12.7. The standard InChI is InChI=1S/C16H18N6/c1-10-4-3-7-17-14(10)15(12-5-6-12)19-13-8-11(2)21-22-9-18-20-16(13)22/h3-4,7-9,12,15,19H,5-6H2,1-2H3. The number of nitrogens with zero attached hydrogens (tertiary/aromatic N) is 5. The molecular formula is C16H18N6. The lowest BCUT2D eigenvalue weighted by molar-refractivity contribution is 0.653. The van der Waals surface area contributed by atoms with Crippen molar-refractivity contribution in [3.63, 3.8) is 0 Å². The van der Waals surface area contributed by atoms with E-state index in [0.717, 1.165) is 22.7 Å². The second kappa shape index (κ2) is 5.05. The molecule has 4 rings (SSSR count). The van der Waals surface area contributed by atoms with Crippen LogP contribution in [0.4, 0.5) is 5.69 Å². The van der Waals surface area contributed by atoms with Crippen LogP contribution in [-0.4, -0.2) is 24.8 Å². The van der Waals surface area contributed by atoms with E-state index in [2.05, 4.69) is 38.6 Å². The molecule has 1 aliphatic carbocycles. The number of aryl methyl sites for hydroxylation is 2. The Hall–Kier alpha value is -2.50. The molecule has 0 aromatic carbocycles. The molecular weight excluding hydrogens is 276 g/mol. The third kappa shape index (κ3) is 2.30. The first-order valence-electron chi connectivity index (χ1n) is 7.58. The predicted octanol–water partition coefficient (Wildman–Crippen LogP) is 2.70. The summed E-state index contributed by atoms with van der Waals surface area (Å²) in [5, 5.41) is 16.2. The molecule has 22 heavy (non-hydrogen) atoms. The number of fused-ring (bicyclic) bond motifs is 1. The molecule has 1 fully saturated rings. The van der Waals surface area contributed by atoms with Gasteiger partial charge in [0.2, 0.25) is 5.65 Å². The highest BCUT2D eigenvalue weighted by Gasteiger charge is 2.34. The van der Waals surface area contributed by atoms with Gasteiger partial charge < -0.3 is 5.32 Å². The van der Waals surface area contributed by atoms with E-state index in [9.17, 15) is 0 Å². The number of hydrogen-bond acceptors (Lipinski definition) is 5. The molecule has 1 unspecified atom stereocenters. The van der Waals surface area contributed by atoms with Crippen LogP contribution in [0.5, 0.6) is 0 Å². The molecule has 0 radical (unpaired) electrons. The van der Waals surface area contributed by atoms with Crippen molar-refractivity contribution in [1.29, 1.82) is 0 Å². The fourth-order valence-electron chi connectivity index (χ4n) is 2.89. The molecule has 3 aromatic rings. The zero-order chi connectivity index (χ0) is 15.1. The monoisotopic (exact) mass is 294 g/mol. The second-order valence-corrected chi connectivity index (χ2v) is 5.96. The van der Waals surface area contributed by atoms with Crippen molar-refractivity contribution in [2.75, 3.05) is 5.32 Å². The SMILES string of the molecule is Cc1cc(NC(c2ncccc2C)C2CC2)c2nncn2n1. The van der Waals surface area contributed by atoms with Gasteiger partial charge in [0.05, 0.1) is 23.1 Å². The van der Waals surface area contributed by atoms with E-state index < -0.39 is 0 Å². The molecule has 0 spiro atoms. The summed E-state index contributed by atoms with van der Waals surface area (Å²) in [5.41, 5.74) is 4.99. The van der Waals surface area contributed by atoms with Gasteiger partial charge in [-0.15, -0.1) is 10.2 Å². The van der Waals surface area contributed by atoms with E-state index in [0.29, 0.717) is 5.92 Å². The summed E-state index contributed by atoms with van der Waals surface area (Å²) < 4.78 is 1.72. The van der Waals surface area contributed by atoms with Crippen LogP contribution in [0, 0.1) is 19.8 Å². The lowest BCUT2D eigenvalue weighted by Crippen LogP contribution is -2.17. The quantitative estimate of drug-likeness (QED) is 0.801. The highest BCUT2D eigenvalue weighted by molar-refractivity contribution is 5.67. The highest BCUT2D eigenvalue weighted by atomic mass is 15.3. The number of nitrogens with one attached hydrogen (secondary N) is 1. The molecule has 1 atom stereocenters. The number of anilines is 1. The molecule has 1 saturated carbocycles. The van der Waals surface area contributed by atoms with Crippen LogP contribution in [-0.2, 0) is 0 Å². The molecule has 112 valence electrons. The molecule has 1 N–H and O–H groups in total. The van der Waals surface area contributed by atoms with E-state index >= 15 is 0 Å². The van der Waals surface area contributed by atoms with Crippen molar-refractivity contribution >= 4 is 11.3 Å². The highest BCUT2D eigenvalue weighted by Crippen LogP contribution is 2.43. The molecule has 0 amide bonds. The van der Waals surface area contributed by atoms with Gasteiger partial charge in [0.15, 0.2) is 0 Å². The van der Waals surface area contributed by atoms with Gasteiger partial charge in [-0.25, -0.2) is 0 Å². The summed E-state index contributed by atoms with van der Waals surface area (Å²) in [5.74, 6) is 0.630. The van der Waals surface area contributed by atoms with Gasteiger partial charge in [-0.1, -0.05) is 6.07 Å². The summed E-state index contributed by atoms with van der Waals surface area (Å²) in [4.78, 5) is 4.61. The van der Waals surface area contributed by atoms with E-state index in [1.54, 1.807) is 10.8 Å². The van der Waals surface area contributed by atoms with E-state index in [1.807, 2.05) is 25.3 Å². The minimum atomic E-state index is 0.212. The van der Waals surface area contributed by atoms with Crippen molar-refractivity contribution in [3.05, 3.63) is 47.7 Å². The summed E-state index contributed by atoms with van der Waals surface area (Å²) in [7, 11) is 0. The average Bonchev–Trinajstić information content (AvgIpc) is 3.23. The Morgan fingerprint density at radius 2 is 2.18 bits per heavy atom. The van der Waals surface area contributed by atoms with Gasteiger partial charge in [-0.05, 0) is 50.3 Å². The van der Waals surface area contributed by atoms with Crippen LogP contribution in [0.3, 0.4) is 0 Å². The first kappa shape index (κ1) is 13.2. The Labute approximate surface area is 128 Å². The van der Waals surface area contributed by atoms with Crippen LogP contribution in [0.15, 0.2) is 30.7 Å². The Morgan fingerprint density at radius 3 is 2.95 bits per heavy atom. The molecule has 6 heteroatoms. The summed E-state index contributed by atoms with van der Waals surface area (Å²) >= 11 is 0. The van der Waals surface area contributed by atoms with E-state index in [-0.39, 0.29) is 6.04 Å². The zero-order valence-corrected chi connectivity index (χ0v) is 12.7. The van der Waals surface area contributed by atoms with Gasteiger partial charge >= 0.3 is 0 Å². The lowest BCUT2D eigenvalue weighted by atomic mass is 10.0. The first-order chi connectivity index (χ1) is 10.7. The fraction of sp³-hybridized carbons (Fsp3) is 0.375. The molecule has 6 nitrogen and oxygen atoms in total. The minimum Gasteiger partial charge on any atom is -0.373 e. The fourth-order valence-corrected chi connectivity index (χ4v) is 2.89. The topological polar surface area (TPSA) is 68.0 Å². The maximum absolute atomic E-state index is 4.61. The normalized spacial score (nSPS) is 15.9. The third-order valence-corrected chi connectivity index (χ3v) is 4.14. The Morgan fingerprint density at radius 1 is 1.32 bits per heavy atom. The molecule has 3 aromatic heterocycles. The molecule has 3 heterocycles. The molecule has 1 aliphatic rings. The largest absolute Gasteiger partial charge is 0.373 e. The van der Waals surface area contributed by atoms with E-state index in [4.69, 9.17) is 0 Å². The summed E-state index contributed by atoms with van der Waals surface area (Å²) in [6.07, 6.45) is 5.97. The summed E-state index contributed by atoms with van der Waals surface area (Å²) in [6.45, 7) is 4.09. The van der Waals surface area contributed by atoms with Crippen LogP contribution in [0.2, 0.25) is 0 Å². The van der Waals surface area contributed by atoms with Gasteiger partial charge in [0.1, 0.15) is 6.33 Å². The summed E-state index contributed by atoms with van der Waals surface area (Å²) in [6, 6.07) is 6.33. The van der Waals surface area contributed by atoms with Crippen LogP contribution in [0.25, 0.3) is 5.65 Å². The molecule has 0 saturated heterocycles. The second-order valence-electron chi connectivity index (χ2n) is 5.96. The number of hydrogen-bond donors (Lipinski definition) is 1. The maximum atomic E-state index is 4.61. The van der Waals surface area contributed by atoms with Gasteiger partial charge in [-0.2, -0.15) is 9.61 Å². The number of rotatable bonds is 4. The smallest absolute Gasteiger partial charge is 0.200 e. The predicted molar refractivity (Wildman–Crippen MR) is 83.6 cm³/mol. The number of pyridine rings is 1. The third-order valence-electron chi connectivity index (χ3n) is 4.14. The first-order valence-corrected chi connectivity index (χ1v) is 7.58. The maximum Gasteiger partial charge on any atom is 0.200 e. The Bertz CT molecular complexity index is 820. The number of aromatic nitrogens is 5. The van der Waals surface area contributed by atoms with Crippen molar-refractivity contribution in [1.82, 2.24) is 24.8 Å². The van der Waals surface area contributed by atoms with Gasteiger partial charge in [0.25, 0.3) is 0 Å². The van der Waals surface area contributed by atoms with Crippen molar-refractivity contribution in [3.8, 4) is 0 Å².